The van der Waals surface area contributed by atoms with Crippen LogP contribution < -0.4 is 4.74 Å². The summed E-state index contributed by atoms with van der Waals surface area (Å²) in [6.07, 6.45) is 1.56. The summed E-state index contributed by atoms with van der Waals surface area (Å²) in [6, 6.07) is 12.5. The fourth-order valence-electron chi connectivity index (χ4n) is 1.52. The molecule has 4 heteroatoms. The van der Waals surface area contributed by atoms with E-state index < -0.39 is 5.97 Å². The largest absolute Gasteiger partial charge is 0.496 e. The average Bonchev–Trinajstić information content (AvgIpc) is 2.46. The number of aromatic nitrogens is 1. The summed E-state index contributed by atoms with van der Waals surface area (Å²) in [5.74, 6) is 0.257. The molecular formula is C14H13NO3. The Hall–Kier alpha value is -2.36. The van der Waals surface area contributed by atoms with Gasteiger partial charge in [0.2, 0.25) is 0 Å². The van der Waals surface area contributed by atoms with Gasteiger partial charge in [-0.1, -0.05) is 24.3 Å². The number of rotatable bonds is 4. The second kappa shape index (κ2) is 5.82. The first-order valence-corrected chi connectivity index (χ1v) is 5.51. The zero-order chi connectivity index (χ0) is 12.8. The van der Waals surface area contributed by atoms with Crippen molar-refractivity contribution in [2.75, 3.05) is 7.11 Å². The van der Waals surface area contributed by atoms with Gasteiger partial charge in [0.15, 0.2) is 0 Å². The van der Waals surface area contributed by atoms with Crippen molar-refractivity contribution < 1.29 is 14.3 Å². The van der Waals surface area contributed by atoms with E-state index >= 15 is 0 Å². The highest BCUT2D eigenvalue weighted by molar-refractivity contribution is 5.87. The molecule has 0 aliphatic heterocycles. The number of hydrogen-bond donors (Lipinski definition) is 0. The SMILES string of the molecule is COc1ccccc1COC(=O)c1ccccn1. The third-order valence-electron chi connectivity index (χ3n) is 2.43. The highest BCUT2D eigenvalue weighted by Crippen LogP contribution is 2.18. The Morgan fingerprint density at radius 2 is 1.94 bits per heavy atom. The number of para-hydroxylation sites is 1. The van der Waals surface area contributed by atoms with Gasteiger partial charge in [-0.25, -0.2) is 9.78 Å². The summed E-state index contributed by atoms with van der Waals surface area (Å²) in [6.45, 7) is 0.166. The molecule has 92 valence electrons. The first-order valence-electron chi connectivity index (χ1n) is 5.51. The molecule has 0 radical (unpaired) electrons. The number of carbonyl (C=O) groups is 1. The number of esters is 1. The number of carbonyl (C=O) groups excluding carboxylic acids is 1. The van der Waals surface area contributed by atoms with Crippen molar-refractivity contribution in [3.05, 3.63) is 59.9 Å². The Morgan fingerprint density at radius 3 is 2.67 bits per heavy atom. The molecule has 18 heavy (non-hydrogen) atoms. The molecule has 0 bridgehead atoms. The molecule has 0 saturated carbocycles. The highest BCUT2D eigenvalue weighted by atomic mass is 16.5. The van der Waals surface area contributed by atoms with Gasteiger partial charge in [0.05, 0.1) is 7.11 Å². The van der Waals surface area contributed by atoms with Crippen molar-refractivity contribution in [1.82, 2.24) is 4.98 Å². The van der Waals surface area contributed by atoms with Crippen LogP contribution in [0.5, 0.6) is 5.75 Å². The number of pyridine rings is 1. The zero-order valence-electron chi connectivity index (χ0n) is 10.00. The van der Waals surface area contributed by atoms with Crippen LogP contribution in [0, 0.1) is 0 Å². The van der Waals surface area contributed by atoms with Crippen molar-refractivity contribution >= 4 is 5.97 Å². The molecule has 0 fully saturated rings. The second-order valence-electron chi connectivity index (χ2n) is 3.60. The molecule has 0 saturated heterocycles. The summed E-state index contributed by atoms with van der Waals surface area (Å²) < 4.78 is 10.4. The van der Waals surface area contributed by atoms with Gasteiger partial charge in [-0.15, -0.1) is 0 Å². The minimum Gasteiger partial charge on any atom is -0.496 e. The van der Waals surface area contributed by atoms with E-state index in [0.717, 1.165) is 5.56 Å². The molecule has 1 aromatic carbocycles. The maximum atomic E-state index is 11.7. The summed E-state index contributed by atoms with van der Waals surface area (Å²) >= 11 is 0. The molecule has 2 aromatic rings. The van der Waals surface area contributed by atoms with Crippen LogP contribution in [0.4, 0.5) is 0 Å². The lowest BCUT2D eigenvalue weighted by Gasteiger charge is -2.08. The van der Waals surface area contributed by atoms with E-state index in [0.29, 0.717) is 11.4 Å². The van der Waals surface area contributed by atoms with Crippen LogP contribution in [0.25, 0.3) is 0 Å². The van der Waals surface area contributed by atoms with E-state index in [1.54, 1.807) is 31.5 Å². The summed E-state index contributed by atoms with van der Waals surface area (Å²) in [4.78, 5) is 15.6. The van der Waals surface area contributed by atoms with Crippen LogP contribution >= 0.6 is 0 Å². The molecule has 2 rings (SSSR count). The van der Waals surface area contributed by atoms with Gasteiger partial charge in [-0.3, -0.25) is 0 Å². The Kier molecular flexibility index (Phi) is 3.91. The van der Waals surface area contributed by atoms with E-state index in [4.69, 9.17) is 9.47 Å². The molecule has 4 nitrogen and oxygen atoms in total. The number of hydrogen-bond acceptors (Lipinski definition) is 4. The minimum absolute atomic E-state index is 0.166. The Morgan fingerprint density at radius 1 is 1.17 bits per heavy atom. The Labute approximate surface area is 105 Å². The molecule has 0 spiro atoms. The standard InChI is InChI=1S/C14H13NO3/c1-17-13-8-3-2-6-11(13)10-18-14(16)12-7-4-5-9-15-12/h2-9H,10H2,1H3. The van der Waals surface area contributed by atoms with E-state index in [-0.39, 0.29) is 6.61 Å². The van der Waals surface area contributed by atoms with Crippen molar-refractivity contribution in [2.45, 2.75) is 6.61 Å². The van der Waals surface area contributed by atoms with Gasteiger partial charge >= 0.3 is 5.97 Å². The fourth-order valence-corrected chi connectivity index (χ4v) is 1.52. The number of benzene rings is 1. The van der Waals surface area contributed by atoms with Gasteiger partial charge < -0.3 is 9.47 Å². The predicted octanol–water partition coefficient (Wildman–Crippen LogP) is 2.45. The van der Waals surface area contributed by atoms with Crippen molar-refractivity contribution in [3.63, 3.8) is 0 Å². The lowest BCUT2D eigenvalue weighted by atomic mass is 10.2. The molecule has 0 aliphatic carbocycles. The second-order valence-corrected chi connectivity index (χ2v) is 3.60. The molecule has 0 atom stereocenters. The summed E-state index contributed by atoms with van der Waals surface area (Å²) in [5.41, 5.74) is 1.12. The lowest BCUT2D eigenvalue weighted by Crippen LogP contribution is -2.07. The average molecular weight is 243 g/mol. The maximum Gasteiger partial charge on any atom is 0.357 e. The van der Waals surface area contributed by atoms with Crippen molar-refractivity contribution in [1.29, 1.82) is 0 Å². The van der Waals surface area contributed by atoms with Crippen LogP contribution in [0.15, 0.2) is 48.7 Å². The normalized spacial score (nSPS) is 9.83. The molecule has 1 heterocycles. The van der Waals surface area contributed by atoms with E-state index in [2.05, 4.69) is 4.98 Å². The molecule has 0 N–H and O–H groups in total. The third-order valence-corrected chi connectivity index (χ3v) is 2.43. The van der Waals surface area contributed by atoms with Crippen molar-refractivity contribution in [2.24, 2.45) is 0 Å². The monoisotopic (exact) mass is 243 g/mol. The van der Waals surface area contributed by atoms with Gasteiger partial charge in [-0.2, -0.15) is 0 Å². The summed E-state index contributed by atoms with van der Waals surface area (Å²) in [7, 11) is 1.58. The first-order chi connectivity index (χ1) is 8.81. The topological polar surface area (TPSA) is 48.4 Å². The third kappa shape index (κ3) is 2.85. The van der Waals surface area contributed by atoms with Gasteiger partial charge in [0, 0.05) is 11.8 Å². The number of ether oxygens (including phenoxy) is 2. The van der Waals surface area contributed by atoms with Crippen LogP contribution in [-0.2, 0) is 11.3 Å². The van der Waals surface area contributed by atoms with Gasteiger partial charge in [0.25, 0.3) is 0 Å². The predicted molar refractivity (Wildman–Crippen MR) is 66.4 cm³/mol. The quantitative estimate of drug-likeness (QED) is 0.774. The maximum absolute atomic E-state index is 11.7. The van der Waals surface area contributed by atoms with Crippen LogP contribution in [0.1, 0.15) is 16.1 Å². The fraction of sp³-hybridized carbons (Fsp3) is 0.143. The van der Waals surface area contributed by atoms with Gasteiger partial charge in [0.1, 0.15) is 18.1 Å². The Balaban J connectivity index is 2.02. The van der Waals surface area contributed by atoms with E-state index in [1.807, 2.05) is 24.3 Å². The molecular weight excluding hydrogens is 230 g/mol. The smallest absolute Gasteiger partial charge is 0.357 e. The Bertz CT molecular complexity index is 526. The first kappa shape index (κ1) is 12.1. The molecule has 0 unspecified atom stereocenters. The van der Waals surface area contributed by atoms with Gasteiger partial charge in [-0.05, 0) is 18.2 Å². The molecule has 0 aliphatic rings. The van der Waals surface area contributed by atoms with Crippen LogP contribution in [-0.4, -0.2) is 18.1 Å². The van der Waals surface area contributed by atoms with Crippen LogP contribution in [0.3, 0.4) is 0 Å². The van der Waals surface area contributed by atoms with Crippen molar-refractivity contribution in [3.8, 4) is 5.75 Å². The van der Waals surface area contributed by atoms with E-state index in [9.17, 15) is 4.79 Å². The highest BCUT2D eigenvalue weighted by Gasteiger charge is 2.09. The van der Waals surface area contributed by atoms with E-state index in [1.165, 1.54) is 0 Å². The van der Waals surface area contributed by atoms with Crippen LogP contribution in [0.2, 0.25) is 0 Å². The lowest BCUT2D eigenvalue weighted by molar-refractivity contribution is 0.0463. The minimum atomic E-state index is -0.443. The molecule has 0 amide bonds. The summed E-state index contributed by atoms with van der Waals surface area (Å²) in [5, 5.41) is 0. The molecule has 1 aromatic heterocycles. The zero-order valence-corrected chi connectivity index (χ0v) is 10.00. The number of nitrogens with zero attached hydrogens (tertiary/aromatic N) is 1. The number of methoxy groups -OCH3 is 1.